The molecule has 2 aromatic carbocycles. The highest BCUT2D eigenvalue weighted by Gasteiger charge is 2.28. The molecule has 29 heavy (non-hydrogen) atoms. The van der Waals surface area contributed by atoms with E-state index in [0.717, 1.165) is 16.7 Å². The van der Waals surface area contributed by atoms with Gasteiger partial charge in [0, 0.05) is 29.6 Å². The second-order valence-electron chi connectivity index (χ2n) is 7.97. The Bertz CT molecular complexity index is 871. The summed E-state index contributed by atoms with van der Waals surface area (Å²) in [5, 5.41) is 0.706. The number of ketones is 1. The number of Topliss-reactive ketones (excluding diaryl/α,β-unsaturated/α-hetero) is 1. The van der Waals surface area contributed by atoms with Crippen molar-refractivity contribution in [3.63, 3.8) is 0 Å². The molecule has 4 nitrogen and oxygen atoms in total. The Morgan fingerprint density at radius 2 is 1.79 bits per heavy atom. The number of benzene rings is 2. The quantitative estimate of drug-likeness (QED) is 0.606. The summed E-state index contributed by atoms with van der Waals surface area (Å²) in [6.45, 7) is 7.24. The highest BCUT2D eigenvalue weighted by Crippen LogP contribution is 2.32. The van der Waals surface area contributed by atoms with Gasteiger partial charge in [0.2, 0.25) is 0 Å². The van der Waals surface area contributed by atoms with E-state index in [0.29, 0.717) is 36.7 Å². The number of aryl methyl sites for hydroxylation is 1. The minimum Gasteiger partial charge on any atom is -0.483 e. The van der Waals surface area contributed by atoms with E-state index >= 15 is 0 Å². The summed E-state index contributed by atoms with van der Waals surface area (Å²) in [4.78, 5) is 27.0. The molecule has 1 fully saturated rings. The summed E-state index contributed by atoms with van der Waals surface area (Å²) in [5.74, 6) is 1.07. The molecule has 1 aliphatic heterocycles. The number of hydrogen-bond acceptors (Lipinski definition) is 3. The van der Waals surface area contributed by atoms with Crippen molar-refractivity contribution in [1.29, 1.82) is 0 Å². The predicted molar refractivity (Wildman–Crippen MR) is 116 cm³/mol. The zero-order valence-electron chi connectivity index (χ0n) is 17.3. The number of nitrogens with zero attached hydrogens (tertiary/aromatic N) is 1. The Labute approximate surface area is 177 Å². The van der Waals surface area contributed by atoms with Crippen molar-refractivity contribution in [3.05, 3.63) is 64.2 Å². The van der Waals surface area contributed by atoms with E-state index in [-0.39, 0.29) is 30.1 Å². The molecule has 1 saturated heterocycles. The fraction of sp³-hybridized carbons (Fsp3) is 0.417. The van der Waals surface area contributed by atoms with Gasteiger partial charge in [0.05, 0.1) is 0 Å². The van der Waals surface area contributed by atoms with Crippen molar-refractivity contribution in [2.75, 3.05) is 19.7 Å². The lowest BCUT2D eigenvalue weighted by Gasteiger charge is -2.31. The van der Waals surface area contributed by atoms with Gasteiger partial charge in [0.1, 0.15) is 5.75 Å². The van der Waals surface area contributed by atoms with Gasteiger partial charge in [-0.15, -0.1) is 0 Å². The molecule has 0 unspecified atom stereocenters. The van der Waals surface area contributed by atoms with Crippen LogP contribution in [-0.2, 0) is 4.79 Å². The van der Waals surface area contributed by atoms with Crippen molar-refractivity contribution in [2.24, 2.45) is 5.92 Å². The van der Waals surface area contributed by atoms with Crippen LogP contribution in [0.3, 0.4) is 0 Å². The lowest BCUT2D eigenvalue weighted by Crippen LogP contribution is -2.42. The molecule has 1 heterocycles. The van der Waals surface area contributed by atoms with Crippen LogP contribution in [0.5, 0.6) is 5.75 Å². The third-order valence-electron chi connectivity index (χ3n) is 5.54. The third kappa shape index (κ3) is 5.18. The first kappa shape index (κ1) is 21.4. The highest BCUT2D eigenvalue weighted by molar-refractivity contribution is 6.31. The minimum absolute atomic E-state index is 0.00189. The molecule has 0 atom stereocenters. The number of likely N-dealkylation sites (tertiary alicyclic amines) is 1. The number of halogens is 1. The number of carbonyl (C=O) groups is 2. The first-order valence-corrected chi connectivity index (χ1v) is 10.5. The standard InChI is InChI=1S/C24H28ClNO3/c1-16(2)20-14-21(25)17(3)13-22(20)29-15-23(27)26-11-9-19(10-12-26)24(28)18-7-5-4-6-8-18/h4-8,13-14,16,19H,9-12,15H2,1-3H3. The van der Waals surface area contributed by atoms with Crippen molar-refractivity contribution in [3.8, 4) is 5.75 Å². The van der Waals surface area contributed by atoms with E-state index in [1.165, 1.54) is 0 Å². The number of piperidine rings is 1. The van der Waals surface area contributed by atoms with Gasteiger partial charge in [-0.3, -0.25) is 9.59 Å². The Hall–Kier alpha value is -2.33. The molecule has 1 aliphatic rings. The summed E-state index contributed by atoms with van der Waals surface area (Å²) in [6.07, 6.45) is 1.38. The van der Waals surface area contributed by atoms with E-state index < -0.39 is 0 Å². The van der Waals surface area contributed by atoms with Crippen LogP contribution in [0.25, 0.3) is 0 Å². The average molecular weight is 414 g/mol. The molecule has 0 radical (unpaired) electrons. The van der Waals surface area contributed by atoms with E-state index in [4.69, 9.17) is 16.3 Å². The molecule has 2 aromatic rings. The summed E-state index contributed by atoms with van der Waals surface area (Å²) in [6, 6.07) is 13.2. The molecule has 0 aromatic heterocycles. The third-order valence-corrected chi connectivity index (χ3v) is 5.95. The fourth-order valence-electron chi connectivity index (χ4n) is 3.71. The largest absolute Gasteiger partial charge is 0.483 e. The second-order valence-corrected chi connectivity index (χ2v) is 8.38. The van der Waals surface area contributed by atoms with Gasteiger partial charge in [-0.05, 0) is 48.9 Å². The number of rotatable bonds is 6. The Kier molecular flexibility index (Phi) is 6.96. The molecule has 0 spiro atoms. The molecule has 3 rings (SSSR count). The van der Waals surface area contributed by atoms with Crippen LogP contribution in [0.2, 0.25) is 5.02 Å². The molecule has 0 aliphatic carbocycles. The highest BCUT2D eigenvalue weighted by atomic mass is 35.5. The molecular weight excluding hydrogens is 386 g/mol. The lowest BCUT2D eigenvalue weighted by atomic mass is 9.89. The van der Waals surface area contributed by atoms with Gasteiger partial charge >= 0.3 is 0 Å². The molecule has 5 heteroatoms. The minimum atomic E-state index is -0.0436. The first-order chi connectivity index (χ1) is 13.9. The summed E-state index contributed by atoms with van der Waals surface area (Å²) in [5.41, 5.74) is 2.68. The first-order valence-electron chi connectivity index (χ1n) is 10.2. The van der Waals surface area contributed by atoms with Gasteiger partial charge < -0.3 is 9.64 Å². The van der Waals surface area contributed by atoms with Crippen LogP contribution >= 0.6 is 11.6 Å². The number of amides is 1. The Morgan fingerprint density at radius 1 is 1.14 bits per heavy atom. The monoisotopic (exact) mass is 413 g/mol. The van der Waals surface area contributed by atoms with E-state index in [1.807, 2.05) is 49.4 Å². The SMILES string of the molecule is Cc1cc(OCC(=O)N2CCC(C(=O)c3ccccc3)CC2)c(C(C)C)cc1Cl. The molecule has 154 valence electrons. The predicted octanol–water partition coefficient (Wildman–Crippen LogP) is 5.27. The number of carbonyl (C=O) groups excluding carboxylic acids is 2. The maximum Gasteiger partial charge on any atom is 0.260 e. The lowest BCUT2D eigenvalue weighted by molar-refractivity contribution is -0.134. The van der Waals surface area contributed by atoms with Crippen LogP contribution in [0, 0.1) is 12.8 Å². The van der Waals surface area contributed by atoms with Crippen LogP contribution in [0.1, 0.15) is 54.1 Å². The smallest absolute Gasteiger partial charge is 0.260 e. The molecule has 0 N–H and O–H groups in total. The maximum absolute atomic E-state index is 12.6. The summed E-state index contributed by atoms with van der Waals surface area (Å²) >= 11 is 6.24. The molecular formula is C24H28ClNO3. The normalized spacial score (nSPS) is 14.9. The van der Waals surface area contributed by atoms with E-state index in [1.54, 1.807) is 4.90 Å². The fourth-order valence-corrected chi connectivity index (χ4v) is 3.88. The van der Waals surface area contributed by atoms with Crippen molar-refractivity contribution in [1.82, 2.24) is 4.90 Å². The number of hydrogen-bond donors (Lipinski definition) is 0. The topological polar surface area (TPSA) is 46.6 Å². The number of ether oxygens (including phenoxy) is 1. The maximum atomic E-state index is 12.6. The Balaban J connectivity index is 1.56. The van der Waals surface area contributed by atoms with Crippen molar-refractivity contribution < 1.29 is 14.3 Å². The van der Waals surface area contributed by atoms with Crippen LogP contribution in [-0.4, -0.2) is 36.3 Å². The molecule has 1 amide bonds. The van der Waals surface area contributed by atoms with Gasteiger partial charge in [-0.25, -0.2) is 0 Å². The van der Waals surface area contributed by atoms with Gasteiger partial charge in [-0.2, -0.15) is 0 Å². The summed E-state index contributed by atoms with van der Waals surface area (Å²) < 4.78 is 5.88. The van der Waals surface area contributed by atoms with Crippen molar-refractivity contribution >= 4 is 23.3 Å². The summed E-state index contributed by atoms with van der Waals surface area (Å²) in [7, 11) is 0. The van der Waals surface area contributed by atoms with E-state index in [2.05, 4.69) is 13.8 Å². The van der Waals surface area contributed by atoms with Gasteiger partial charge in [0.15, 0.2) is 12.4 Å². The van der Waals surface area contributed by atoms with E-state index in [9.17, 15) is 9.59 Å². The van der Waals surface area contributed by atoms with Crippen LogP contribution in [0.15, 0.2) is 42.5 Å². The molecule has 0 bridgehead atoms. The Morgan fingerprint density at radius 3 is 2.41 bits per heavy atom. The van der Waals surface area contributed by atoms with Crippen molar-refractivity contribution in [2.45, 2.75) is 39.5 Å². The molecule has 0 saturated carbocycles. The van der Waals surface area contributed by atoms with Crippen LogP contribution in [0.4, 0.5) is 0 Å². The average Bonchev–Trinajstić information content (AvgIpc) is 2.74. The second kappa shape index (κ2) is 9.45. The zero-order valence-corrected chi connectivity index (χ0v) is 18.0. The van der Waals surface area contributed by atoms with Gasteiger partial charge in [0.25, 0.3) is 5.91 Å². The van der Waals surface area contributed by atoms with Gasteiger partial charge in [-0.1, -0.05) is 55.8 Å². The van der Waals surface area contributed by atoms with Crippen LogP contribution < -0.4 is 4.74 Å². The zero-order chi connectivity index (χ0) is 21.0.